The second-order valence-electron chi connectivity index (χ2n) is 36.5. The number of nitrogens with zero attached hydrogens (tertiary/aromatic N) is 4. The Kier molecular flexibility index (Phi) is 36.6. The fraction of sp³-hybridized carbons (Fsp3) is 0.481. The number of carboxylic acids is 4. The molecule has 0 aliphatic carbocycles. The first-order valence-electron chi connectivity index (χ1n) is 49.8. The molecule has 8 aliphatic heterocycles. The highest BCUT2D eigenvalue weighted by Crippen LogP contribution is 2.52. The van der Waals surface area contributed by atoms with Crippen LogP contribution in [0.4, 0.5) is 13.2 Å². The molecule has 12 heterocycles. The van der Waals surface area contributed by atoms with Gasteiger partial charge in [-0.2, -0.15) is 13.2 Å². The van der Waals surface area contributed by atoms with Crippen LogP contribution in [0.2, 0.25) is 0 Å². The van der Waals surface area contributed by atoms with Crippen molar-refractivity contribution in [1.29, 1.82) is 0 Å². The Balaban J connectivity index is 0.000000175. The summed E-state index contributed by atoms with van der Waals surface area (Å²) in [5, 5.41) is 53.6. The molecule has 18 atom stereocenters. The first-order valence-corrected chi connectivity index (χ1v) is 50.6. The predicted molar refractivity (Wildman–Crippen MR) is 536 cm³/mol. The average Bonchev–Trinajstić information content (AvgIpc) is 1.57. The molecule has 8 aliphatic rings. The van der Waals surface area contributed by atoms with Gasteiger partial charge in [-0.05, 0) is 138 Å². The number of amides is 8. The molecular formula is C108H136BrF3N12O16. The number of nitrogens with one attached hydrogen (secondary N) is 8. The van der Waals surface area contributed by atoms with E-state index in [0.717, 1.165) is 143 Å². The molecule has 32 heteroatoms. The quantitative estimate of drug-likeness (QED) is 0.0300. The summed E-state index contributed by atoms with van der Waals surface area (Å²) in [6, 6.07) is 35.4. The SMILES string of the molecule is CC.CC.CC.CC.CC[C@H](C)[C@H](NC(=O)[C@@H]1Cc2c([nH]c3ccccc23)[C@H]2CC(c3ccc(Br)cc3)C(=O)N21)C(=O)O.CC[C@H](C)[C@H](NC(=O)[C@@H]1Cc2c([nH]c3ccccc23)[C@H]2CC(c3cccc(C(F)(F)F)c3)C(=O)N21)C(=O)O.CC[C@H](C)[C@H](NC(=O)[C@@H]1Cc2c([nH]c3ccccc23)[C@H]2CCCC(=O)N21)C(=O)O.CC[C@H](C)[C@H](NC(=O)[C@@H]1Cc2c([nH]c3ccccc23)[C@H]2CCCCC(=O)N21)C(=O)O. The smallest absolute Gasteiger partial charge is 0.416 e. The number of hydrogen-bond acceptors (Lipinski definition) is 12. The largest absolute Gasteiger partial charge is 0.480 e. The second kappa shape index (κ2) is 47.6. The zero-order chi connectivity index (χ0) is 102. The Morgan fingerprint density at radius 1 is 0.379 bits per heavy atom. The van der Waals surface area contributed by atoms with Crippen molar-refractivity contribution < 1.29 is 91.1 Å². The molecule has 18 rings (SSSR count). The van der Waals surface area contributed by atoms with Gasteiger partial charge >= 0.3 is 30.1 Å². The number of aliphatic carboxylic acids is 4. The normalized spacial score (nSPS) is 21.9. The minimum absolute atomic E-state index is 0.0302. The molecule has 10 aromatic rings. The van der Waals surface area contributed by atoms with Crippen LogP contribution in [0.1, 0.15) is 292 Å². The lowest BCUT2D eigenvalue weighted by molar-refractivity contribution is -0.149. The zero-order valence-corrected chi connectivity index (χ0v) is 84.3. The van der Waals surface area contributed by atoms with E-state index in [-0.39, 0.29) is 95.7 Å². The van der Waals surface area contributed by atoms with E-state index in [9.17, 15) is 91.1 Å². The Morgan fingerprint density at radius 2 is 0.664 bits per heavy atom. The van der Waals surface area contributed by atoms with Gasteiger partial charge in [-0.15, -0.1) is 0 Å². The maximum absolute atomic E-state index is 13.8. The van der Waals surface area contributed by atoms with E-state index in [4.69, 9.17) is 0 Å². The van der Waals surface area contributed by atoms with Crippen LogP contribution in [0.15, 0.2) is 150 Å². The van der Waals surface area contributed by atoms with Gasteiger partial charge in [0.05, 0.1) is 41.6 Å². The number of fused-ring (bicyclic) bond motifs is 20. The molecule has 4 aromatic heterocycles. The van der Waals surface area contributed by atoms with Crippen LogP contribution < -0.4 is 21.3 Å². The fourth-order valence-electron chi connectivity index (χ4n) is 20.9. The van der Waals surface area contributed by atoms with Crippen molar-refractivity contribution in [2.75, 3.05) is 0 Å². The summed E-state index contributed by atoms with van der Waals surface area (Å²) in [6.45, 7) is 30.7. The molecule has 4 fully saturated rings. The van der Waals surface area contributed by atoms with Crippen LogP contribution >= 0.6 is 15.9 Å². The van der Waals surface area contributed by atoms with Crippen molar-refractivity contribution in [3.8, 4) is 0 Å². The van der Waals surface area contributed by atoms with Gasteiger partial charge in [-0.1, -0.05) is 262 Å². The highest BCUT2D eigenvalue weighted by atomic mass is 79.9. The Hall–Kier alpha value is -12.6. The van der Waals surface area contributed by atoms with E-state index >= 15 is 0 Å². The Bertz CT molecular complexity index is 6120. The molecule has 28 nitrogen and oxygen atoms in total. The van der Waals surface area contributed by atoms with Crippen molar-refractivity contribution in [2.45, 2.75) is 310 Å². The number of carboxylic acid groups (broad SMARTS) is 4. The van der Waals surface area contributed by atoms with Crippen molar-refractivity contribution in [1.82, 2.24) is 60.8 Å². The highest BCUT2D eigenvalue weighted by Gasteiger charge is 2.55. The van der Waals surface area contributed by atoms with Gasteiger partial charge < -0.3 is 81.2 Å². The van der Waals surface area contributed by atoms with E-state index in [1.165, 1.54) is 17.0 Å². The Labute approximate surface area is 823 Å². The van der Waals surface area contributed by atoms with Crippen molar-refractivity contribution in [3.05, 3.63) is 212 Å². The number of para-hydroxylation sites is 4. The lowest BCUT2D eigenvalue weighted by Crippen LogP contribution is -2.58. The van der Waals surface area contributed by atoms with E-state index in [2.05, 4.69) is 57.1 Å². The third-order valence-electron chi connectivity index (χ3n) is 28.8. The number of benzene rings is 6. The van der Waals surface area contributed by atoms with Crippen LogP contribution in [0.5, 0.6) is 0 Å². The number of halogens is 4. The molecule has 140 heavy (non-hydrogen) atoms. The lowest BCUT2D eigenvalue weighted by atomic mass is 9.85. The highest BCUT2D eigenvalue weighted by molar-refractivity contribution is 9.10. The molecule has 8 amide bonds. The lowest BCUT2D eigenvalue weighted by Gasteiger charge is -2.44. The number of rotatable bonds is 22. The minimum Gasteiger partial charge on any atom is -0.480 e. The molecular weight excluding hydrogens is 1860 g/mol. The standard InChI is InChI=1S/C28H28F3N3O4.C27H28BrN3O4.C23H29N3O4.C22H27N3O4.4C2H6/c1-3-14(2)23(27(37)38)33-25(35)22-13-19-17-9-4-5-10-20(17)32-24(19)21-12-18(26(36)34(21)22)15-7-6-8-16(11-15)28(29,30)31;1-3-14(2)23(27(34)35)30-25(32)22-13-19-17-6-4-5-7-20(17)29-24(19)21-12-18(26(33)31(21)22)15-8-10-16(28)11-9-15;1-3-13(2)20(23(29)30)25-22(28)18-12-15-14-8-4-5-9-16(14)24-21(15)17-10-6-7-11-19(27)26(17)18;1-3-12(2)19(22(28)29)24-21(27)17-11-14-13-7-4-5-8-15(13)23-20(14)16-9-6-10-18(26)25(16)17;4*1-2/h4-11,14,18,21-23,32H,3,12-13H2,1-2H3,(H,33,35)(H,37,38);4-11,14,18,21-23,29H,3,12-13H2,1-2H3,(H,30,32)(H,34,35);4-5,8-9,13,17-18,20,24H,3,6-7,10-12H2,1-2H3,(H,25,28)(H,29,30);4-5,7-8,12,16-17,19,23H,3,6,9-11H2,1-2H3,(H,24,27)(H,28,29);4*1-2H3/t2*14-,18?,21+,22-,23-;13-,17+,18-,20-;12-,16+,17-,19-;;;;/m0000..../s1. The molecule has 0 radical (unpaired) electrons. The van der Waals surface area contributed by atoms with Crippen LogP contribution in [-0.2, 0) is 89.4 Å². The molecule has 12 N–H and O–H groups in total. The van der Waals surface area contributed by atoms with Crippen LogP contribution in [-0.4, -0.2) is 179 Å². The third-order valence-corrected chi connectivity index (χ3v) is 29.3. The van der Waals surface area contributed by atoms with Gasteiger partial charge in [0, 0.05) is 109 Å². The maximum atomic E-state index is 13.8. The third kappa shape index (κ3) is 22.4. The van der Waals surface area contributed by atoms with Gasteiger partial charge in [-0.3, -0.25) is 38.4 Å². The number of carbonyl (C=O) groups excluding carboxylic acids is 8. The summed E-state index contributed by atoms with van der Waals surface area (Å²) < 4.78 is 41.2. The minimum atomic E-state index is -4.56. The van der Waals surface area contributed by atoms with Crippen molar-refractivity contribution in [3.63, 3.8) is 0 Å². The number of aromatic amines is 4. The van der Waals surface area contributed by atoms with E-state index < -0.39 is 114 Å². The van der Waals surface area contributed by atoms with E-state index in [1.807, 2.05) is 225 Å². The van der Waals surface area contributed by atoms with Crippen LogP contribution in [0, 0.1) is 23.7 Å². The van der Waals surface area contributed by atoms with Gasteiger partial charge in [-0.25, -0.2) is 19.2 Å². The van der Waals surface area contributed by atoms with Gasteiger partial charge in [0.15, 0.2) is 0 Å². The van der Waals surface area contributed by atoms with Crippen LogP contribution in [0.25, 0.3) is 43.6 Å². The summed E-state index contributed by atoms with van der Waals surface area (Å²) >= 11 is 3.45. The van der Waals surface area contributed by atoms with Gasteiger partial charge in [0.2, 0.25) is 47.3 Å². The summed E-state index contributed by atoms with van der Waals surface area (Å²) in [7, 11) is 0. The summed E-state index contributed by atoms with van der Waals surface area (Å²) in [5.41, 5.74) is 11.9. The number of aromatic nitrogens is 4. The van der Waals surface area contributed by atoms with E-state index in [1.54, 1.807) is 21.6 Å². The molecule has 6 aromatic carbocycles. The topological polar surface area (TPSA) is 410 Å². The molecule has 4 saturated heterocycles. The first-order chi connectivity index (χ1) is 67.1. The predicted octanol–water partition coefficient (Wildman–Crippen LogP) is 19.3. The number of carbonyl (C=O) groups is 12. The number of piperidine rings is 1. The fourth-order valence-corrected chi connectivity index (χ4v) is 21.2. The number of hydrogen-bond donors (Lipinski definition) is 12. The summed E-state index contributed by atoms with van der Waals surface area (Å²) in [6.07, 6.45) is 4.83. The van der Waals surface area contributed by atoms with Gasteiger partial charge in [0.25, 0.3) is 0 Å². The Morgan fingerprint density at radius 3 is 0.971 bits per heavy atom. The monoisotopic (exact) mass is 1990 g/mol. The summed E-state index contributed by atoms with van der Waals surface area (Å²) in [4.78, 5) is 175. The summed E-state index contributed by atoms with van der Waals surface area (Å²) in [5.74, 6) is -8.90. The molecule has 0 saturated carbocycles. The number of alkyl halides is 3. The van der Waals surface area contributed by atoms with E-state index in [0.29, 0.717) is 64.2 Å². The van der Waals surface area contributed by atoms with Crippen molar-refractivity contribution in [2.24, 2.45) is 23.7 Å². The molecule has 2 unspecified atom stereocenters. The first kappa shape index (κ1) is 108. The number of H-pyrrole nitrogens is 4. The molecule has 752 valence electrons. The average molecular weight is 2000 g/mol. The zero-order valence-electron chi connectivity index (χ0n) is 82.8. The molecule has 0 spiro atoms. The second-order valence-corrected chi connectivity index (χ2v) is 37.4. The maximum Gasteiger partial charge on any atom is 0.416 e. The van der Waals surface area contributed by atoms with Crippen LogP contribution in [0.3, 0.4) is 0 Å². The van der Waals surface area contributed by atoms with Gasteiger partial charge in [0.1, 0.15) is 48.3 Å². The van der Waals surface area contributed by atoms with Crippen molar-refractivity contribution >= 4 is 131 Å². The molecule has 0 bridgehead atoms.